The summed E-state index contributed by atoms with van der Waals surface area (Å²) in [5.41, 5.74) is -1.27. The number of amidine groups is 1. The van der Waals surface area contributed by atoms with Crippen LogP contribution in [0.2, 0.25) is 30.8 Å². The average Bonchev–Trinajstić information content (AvgIpc) is 3.62. The number of aliphatic imine (C=N–C) groups is 1. The van der Waals surface area contributed by atoms with Crippen LogP contribution in [0.25, 0.3) is 11.9 Å². The number of nitrogens with zero attached hydrogens (tertiary/aromatic N) is 4. The number of hydrogen-bond donors (Lipinski definition) is 1. The highest BCUT2D eigenvalue weighted by Crippen LogP contribution is 2.68. The number of sulfone groups is 1. The molecule has 1 amide bonds. The third-order valence-corrected chi connectivity index (χ3v) is 13.2. The lowest BCUT2D eigenvalue weighted by Crippen LogP contribution is -2.45. The number of carbonyl (C=O) groups is 1. The Morgan fingerprint density at radius 3 is 2.61 bits per heavy atom. The van der Waals surface area contributed by atoms with Gasteiger partial charge < -0.3 is 9.84 Å². The number of fused-ring (bicyclic) bond motifs is 1. The lowest BCUT2D eigenvalue weighted by Gasteiger charge is -2.36. The van der Waals surface area contributed by atoms with Crippen LogP contribution in [-0.2, 0) is 20.1 Å². The lowest BCUT2D eigenvalue weighted by atomic mass is 9.86. The molecule has 0 bridgehead atoms. The monoisotopic (exact) mass is 644 g/mol. The Hall–Kier alpha value is -2.39. The van der Waals surface area contributed by atoms with Crippen molar-refractivity contribution in [3.05, 3.63) is 58.4 Å². The Bertz CT molecular complexity index is 1520. The molecule has 1 N–H and O–H groups in total. The Morgan fingerprint density at radius 1 is 1.32 bits per heavy atom. The van der Waals surface area contributed by atoms with Crippen LogP contribution in [0.3, 0.4) is 0 Å². The van der Waals surface area contributed by atoms with Gasteiger partial charge in [-0.25, -0.2) is 36.9 Å². The average molecular weight is 645 g/mol. The summed E-state index contributed by atoms with van der Waals surface area (Å²) in [6.07, 6.45) is 3.33. The number of benzene rings is 1. The number of ether oxygens (including phenoxy) is 1. The minimum Gasteiger partial charge on any atom is -0.465 e. The molecule has 41 heavy (non-hydrogen) atoms. The molecule has 1 saturated carbocycles. The van der Waals surface area contributed by atoms with E-state index >= 15 is 4.39 Å². The molecular weight excluding hydrogens is 614 g/mol. The van der Waals surface area contributed by atoms with E-state index in [1.807, 2.05) is 0 Å². The van der Waals surface area contributed by atoms with Gasteiger partial charge in [-0.2, -0.15) is 0 Å². The molecule has 3 atom stereocenters. The topological polar surface area (TPSA) is 122 Å². The zero-order valence-corrected chi connectivity index (χ0v) is 26.6. The van der Waals surface area contributed by atoms with Gasteiger partial charge in [-0.3, -0.25) is 4.99 Å². The zero-order valence-electron chi connectivity index (χ0n) is 23.2. The van der Waals surface area contributed by atoms with E-state index in [-0.39, 0.29) is 40.3 Å². The smallest absolute Gasteiger partial charge is 0.415 e. The molecule has 0 spiro atoms. The second-order valence-corrected chi connectivity index (χ2v) is 21.3. The van der Waals surface area contributed by atoms with E-state index in [2.05, 4.69) is 34.6 Å². The fraction of sp³-hybridized carbons (Fsp3) is 0.462. The molecule has 0 radical (unpaired) electrons. The molecule has 4 rings (SSSR count). The largest absolute Gasteiger partial charge is 0.465 e. The first-order valence-corrected chi connectivity index (χ1v) is 19.5. The maximum atomic E-state index is 15.4. The summed E-state index contributed by atoms with van der Waals surface area (Å²) in [7, 11) is -5.19. The van der Waals surface area contributed by atoms with Crippen LogP contribution in [0.15, 0.2) is 35.6 Å². The molecule has 2 heterocycles. The van der Waals surface area contributed by atoms with Crippen LogP contribution >= 0.6 is 23.4 Å². The summed E-state index contributed by atoms with van der Waals surface area (Å²) in [6, 6.07) is 4.69. The maximum absolute atomic E-state index is 15.4. The van der Waals surface area contributed by atoms with Gasteiger partial charge in [-0.05, 0) is 43.2 Å². The second-order valence-electron chi connectivity index (χ2n) is 11.5. The first kappa shape index (κ1) is 31.5. The van der Waals surface area contributed by atoms with Gasteiger partial charge in [-0.1, -0.05) is 49.1 Å². The minimum absolute atomic E-state index is 0.0135. The van der Waals surface area contributed by atoms with Crippen molar-refractivity contribution in [1.82, 2.24) is 14.9 Å². The van der Waals surface area contributed by atoms with Crippen LogP contribution in [0.1, 0.15) is 30.2 Å². The van der Waals surface area contributed by atoms with Gasteiger partial charge in [0.15, 0.2) is 20.8 Å². The van der Waals surface area contributed by atoms with Crippen molar-refractivity contribution < 1.29 is 31.8 Å². The summed E-state index contributed by atoms with van der Waals surface area (Å²) in [4.78, 5) is 25.5. The fourth-order valence-corrected chi connectivity index (χ4v) is 8.98. The number of carboxylic acid groups (broad SMARTS) is 1. The number of rotatable bonds is 9. The molecule has 1 fully saturated rings. The van der Waals surface area contributed by atoms with E-state index in [1.165, 1.54) is 18.3 Å². The first-order valence-electron chi connectivity index (χ1n) is 12.7. The molecule has 1 aromatic heterocycles. The fourth-order valence-electron chi connectivity index (χ4n) is 4.67. The second kappa shape index (κ2) is 11.4. The molecule has 222 valence electrons. The molecule has 9 nitrogen and oxygen atoms in total. The number of halogens is 3. The number of thioether (sulfide) groups is 1. The van der Waals surface area contributed by atoms with Gasteiger partial charge in [0.1, 0.15) is 27.5 Å². The van der Waals surface area contributed by atoms with E-state index in [1.54, 1.807) is 6.92 Å². The minimum atomic E-state index is -3.74. The van der Waals surface area contributed by atoms with Gasteiger partial charge in [-0.15, -0.1) is 0 Å². The van der Waals surface area contributed by atoms with Crippen molar-refractivity contribution in [2.24, 2.45) is 10.9 Å². The Labute approximate surface area is 248 Å². The van der Waals surface area contributed by atoms with Crippen molar-refractivity contribution in [1.29, 1.82) is 0 Å². The van der Waals surface area contributed by atoms with Gasteiger partial charge in [0.05, 0.1) is 17.9 Å². The normalized spacial score (nSPS) is 24.4. The van der Waals surface area contributed by atoms with E-state index in [9.17, 15) is 22.7 Å². The lowest BCUT2D eigenvalue weighted by molar-refractivity contribution is 0.0702. The number of amides is 1. The maximum Gasteiger partial charge on any atom is 0.415 e. The number of aromatic nitrogens is 2. The molecule has 0 unspecified atom stereocenters. The van der Waals surface area contributed by atoms with Crippen LogP contribution in [0.5, 0.6) is 0 Å². The Morgan fingerprint density at radius 2 is 2.02 bits per heavy atom. The van der Waals surface area contributed by atoms with Gasteiger partial charge in [0.2, 0.25) is 0 Å². The molecule has 1 aromatic carbocycles. The Balaban J connectivity index is 1.75. The molecule has 2 aliphatic rings. The number of hydrogen-bond acceptors (Lipinski definition) is 8. The zero-order chi connectivity index (χ0) is 30.4. The third-order valence-electron chi connectivity index (χ3n) is 7.13. The molecule has 1 aliphatic carbocycles. The molecule has 15 heteroatoms. The van der Waals surface area contributed by atoms with Crippen molar-refractivity contribution in [3.63, 3.8) is 0 Å². The predicted octanol–water partition coefficient (Wildman–Crippen LogP) is 6.11. The molecular formula is C26H31ClF2N4O5S2Si. The van der Waals surface area contributed by atoms with Crippen LogP contribution < -0.4 is 0 Å². The SMILES string of the molecule is C[C@]1(c2cc(/C=C(\F)c3cnc(Cl)cn3)ccc2F)N=C(N(COCC[Si](C)(C)C)C(=O)O)S[C@@]2(S(C)(=O)=O)C[C@H]21. The highest BCUT2D eigenvalue weighted by atomic mass is 35.5. The van der Waals surface area contributed by atoms with E-state index in [0.29, 0.717) is 6.61 Å². The van der Waals surface area contributed by atoms with E-state index in [4.69, 9.17) is 16.3 Å². The third kappa shape index (κ3) is 6.66. The summed E-state index contributed by atoms with van der Waals surface area (Å²) in [6.45, 7) is 8.03. The standard InChI is InChI=1S/C26H31ClF2N4O5S2Si/c1-25(17-10-16(6-7-18(17)28)11-19(29)20-13-31-22(27)14-30-20)21-12-26(21,40(2,36)37)39-23(32-25)33(24(34)35)15-38-8-9-41(3,4)5/h6-7,10-11,13-14,21H,8-9,12,15H2,1-5H3,(H,34,35)/b19-11-/t21-,25+,26+/m0/s1. The molecule has 1 aliphatic heterocycles. The summed E-state index contributed by atoms with van der Waals surface area (Å²) < 4.78 is 60.7. The predicted molar refractivity (Wildman–Crippen MR) is 159 cm³/mol. The van der Waals surface area contributed by atoms with Crippen molar-refractivity contribution in [2.75, 3.05) is 19.6 Å². The van der Waals surface area contributed by atoms with Crippen LogP contribution in [0, 0.1) is 11.7 Å². The van der Waals surface area contributed by atoms with Crippen molar-refractivity contribution >= 4 is 64.4 Å². The molecule has 0 saturated heterocycles. The first-order chi connectivity index (χ1) is 19.0. The summed E-state index contributed by atoms with van der Waals surface area (Å²) in [5.74, 6) is -2.08. The van der Waals surface area contributed by atoms with Gasteiger partial charge >= 0.3 is 6.09 Å². The Kier molecular flexibility index (Phi) is 8.74. The van der Waals surface area contributed by atoms with E-state index < -0.39 is 51.2 Å². The summed E-state index contributed by atoms with van der Waals surface area (Å²) >= 11 is 6.57. The van der Waals surface area contributed by atoms with Crippen LogP contribution in [-0.4, -0.2) is 71.4 Å². The molecule has 2 aromatic rings. The van der Waals surface area contributed by atoms with Gasteiger partial charge in [0.25, 0.3) is 0 Å². The van der Waals surface area contributed by atoms with Crippen molar-refractivity contribution in [2.45, 2.75) is 48.6 Å². The summed E-state index contributed by atoms with van der Waals surface area (Å²) in [5, 5.41) is 10.00. The van der Waals surface area contributed by atoms with E-state index in [0.717, 1.165) is 47.3 Å². The van der Waals surface area contributed by atoms with Crippen molar-refractivity contribution in [3.8, 4) is 0 Å². The van der Waals surface area contributed by atoms with Crippen LogP contribution in [0.4, 0.5) is 13.6 Å². The van der Waals surface area contributed by atoms with Gasteiger partial charge in [0, 0.05) is 32.4 Å². The highest BCUT2D eigenvalue weighted by molar-refractivity contribution is 8.24. The quantitative estimate of drug-likeness (QED) is 0.197. The highest BCUT2D eigenvalue weighted by Gasteiger charge is 2.72.